The van der Waals surface area contributed by atoms with E-state index in [9.17, 15) is 9.59 Å². The molecule has 0 aliphatic carbocycles. The van der Waals surface area contributed by atoms with Gasteiger partial charge in [-0.2, -0.15) is 0 Å². The molecule has 1 aliphatic rings. The van der Waals surface area contributed by atoms with Gasteiger partial charge in [-0.3, -0.25) is 9.59 Å². The smallest absolute Gasteiger partial charge is 0.261 e. The number of methoxy groups -OCH3 is 1. The van der Waals surface area contributed by atoms with Gasteiger partial charge in [-0.15, -0.1) is 0 Å². The first kappa shape index (κ1) is 16.8. The molecule has 0 spiro atoms. The van der Waals surface area contributed by atoms with Crippen LogP contribution < -0.4 is 14.4 Å². The number of nitrogens with zero attached hydrogens (tertiary/aromatic N) is 2. The van der Waals surface area contributed by atoms with Gasteiger partial charge >= 0.3 is 0 Å². The predicted octanol–water partition coefficient (Wildman–Crippen LogP) is 1.95. The third kappa shape index (κ3) is 3.91. The topological polar surface area (TPSA) is 59.1 Å². The zero-order valence-corrected chi connectivity index (χ0v) is 14.1. The number of ether oxygens (including phenoxy) is 2. The lowest BCUT2D eigenvalue weighted by Crippen LogP contribution is -2.53. The molecule has 1 fully saturated rings. The molecule has 6 nitrogen and oxygen atoms in total. The molecule has 0 N–H and O–H groups in total. The fraction of sp³-hybridized carbons (Fsp3) is 0.263. The second-order valence-electron chi connectivity index (χ2n) is 5.64. The van der Waals surface area contributed by atoms with E-state index in [2.05, 4.69) is 0 Å². The highest BCUT2D eigenvalue weighted by Gasteiger charge is 2.28. The Morgan fingerprint density at radius 2 is 1.68 bits per heavy atom. The number of amides is 2. The summed E-state index contributed by atoms with van der Waals surface area (Å²) < 4.78 is 10.7. The van der Waals surface area contributed by atoms with Crippen LogP contribution in [0.3, 0.4) is 0 Å². The molecule has 1 aliphatic heterocycles. The van der Waals surface area contributed by atoms with E-state index in [1.807, 2.05) is 42.5 Å². The van der Waals surface area contributed by atoms with Crippen LogP contribution in [0.2, 0.25) is 0 Å². The molecule has 0 radical (unpaired) electrons. The average molecular weight is 340 g/mol. The highest BCUT2D eigenvalue weighted by Crippen LogP contribution is 2.25. The molecule has 0 aromatic heterocycles. The van der Waals surface area contributed by atoms with E-state index in [0.29, 0.717) is 24.6 Å². The predicted molar refractivity (Wildman–Crippen MR) is 93.9 cm³/mol. The normalized spacial score (nSPS) is 14.4. The Labute approximate surface area is 146 Å². The third-order valence-corrected chi connectivity index (χ3v) is 4.06. The van der Waals surface area contributed by atoms with Crippen LogP contribution in [0.5, 0.6) is 11.5 Å². The van der Waals surface area contributed by atoms with Gasteiger partial charge in [0, 0.05) is 18.8 Å². The number of rotatable bonds is 5. The largest absolute Gasteiger partial charge is 0.493 e. The van der Waals surface area contributed by atoms with Gasteiger partial charge in [0.15, 0.2) is 18.1 Å². The molecule has 0 bridgehead atoms. The van der Waals surface area contributed by atoms with Crippen molar-refractivity contribution in [1.82, 2.24) is 4.90 Å². The van der Waals surface area contributed by atoms with Crippen LogP contribution in [-0.4, -0.2) is 50.1 Å². The number of benzene rings is 2. The number of anilines is 1. The van der Waals surface area contributed by atoms with Gasteiger partial charge in [-0.1, -0.05) is 30.3 Å². The Morgan fingerprint density at radius 3 is 2.36 bits per heavy atom. The molecule has 3 rings (SSSR count). The molecule has 2 amide bonds. The van der Waals surface area contributed by atoms with E-state index < -0.39 is 0 Å². The Hall–Kier alpha value is -3.02. The maximum absolute atomic E-state index is 12.4. The van der Waals surface area contributed by atoms with Crippen LogP contribution >= 0.6 is 0 Å². The van der Waals surface area contributed by atoms with Crippen molar-refractivity contribution in [2.24, 2.45) is 0 Å². The fourth-order valence-electron chi connectivity index (χ4n) is 2.74. The number of piperazine rings is 1. The first-order valence-corrected chi connectivity index (χ1v) is 8.08. The number of carbonyl (C=O) groups is 2. The van der Waals surface area contributed by atoms with Crippen LogP contribution in [0.25, 0.3) is 0 Å². The first-order chi connectivity index (χ1) is 12.2. The molecule has 130 valence electrons. The average Bonchev–Trinajstić information content (AvgIpc) is 2.67. The Bertz CT molecular complexity index is 748. The zero-order chi connectivity index (χ0) is 17.6. The first-order valence-electron chi connectivity index (χ1n) is 8.08. The van der Waals surface area contributed by atoms with Crippen molar-refractivity contribution in [1.29, 1.82) is 0 Å². The van der Waals surface area contributed by atoms with Crippen molar-refractivity contribution in [2.45, 2.75) is 0 Å². The Kier molecular flexibility index (Phi) is 5.18. The van der Waals surface area contributed by atoms with Crippen molar-refractivity contribution >= 4 is 17.5 Å². The van der Waals surface area contributed by atoms with Gasteiger partial charge in [0.05, 0.1) is 7.11 Å². The summed E-state index contributed by atoms with van der Waals surface area (Å²) >= 11 is 0. The van der Waals surface area contributed by atoms with Crippen molar-refractivity contribution in [3.63, 3.8) is 0 Å². The molecule has 1 saturated heterocycles. The fourth-order valence-corrected chi connectivity index (χ4v) is 2.74. The summed E-state index contributed by atoms with van der Waals surface area (Å²) in [5.74, 6) is 0.767. The maximum Gasteiger partial charge on any atom is 0.261 e. The van der Waals surface area contributed by atoms with E-state index >= 15 is 0 Å². The van der Waals surface area contributed by atoms with Gasteiger partial charge in [-0.05, 0) is 24.3 Å². The van der Waals surface area contributed by atoms with Crippen molar-refractivity contribution in [3.05, 3.63) is 54.6 Å². The van der Waals surface area contributed by atoms with Crippen molar-refractivity contribution in [2.75, 3.05) is 38.3 Å². The minimum atomic E-state index is -0.216. The second kappa shape index (κ2) is 7.70. The molecule has 2 aromatic carbocycles. The summed E-state index contributed by atoms with van der Waals surface area (Å²) in [6, 6.07) is 16.6. The van der Waals surface area contributed by atoms with E-state index in [0.717, 1.165) is 5.69 Å². The van der Waals surface area contributed by atoms with Crippen LogP contribution in [0, 0.1) is 0 Å². The molecule has 1 heterocycles. The van der Waals surface area contributed by atoms with Crippen molar-refractivity contribution < 1.29 is 19.1 Å². The highest BCUT2D eigenvalue weighted by atomic mass is 16.5. The quantitative estimate of drug-likeness (QED) is 0.835. The maximum atomic E-state index is 12.4. The van der Waals surface area contributed by atoms with E-state index in [-0.39, 0.29) is 25.0 Å². The highest BCUT2D eigenvalue weighted by molar-refractivity contribution is 5.98. The molecular formula is C19H20N2O4. The van der Waals surface area contributed by atoms with Crippen LogP contribution in [-0.2, 0) is 9.59 Å². The molecule has 25 heavy (non-hydrogen) atoms. The van der Waals surface area contributed by atoms with Gasteiger partial charge < -0.3 is 19.3 Å². The molecular weight excluding hydrogens is 320 g/mol. The standard InChI is InChI=1S/C19H20N2O4/c1-24-16-9-5-6-10-17(16)25-14-19(23)20-11-12-21(18(22)13-20)15-7-3-2-4-8-15/h2-10H,11-14H2,1H3. The van der Waals surface area contributed by atoms with Gasteiger partial charge in [0.1, 0.15) is 6.54 Å². The molecule has 0 unspecified atom stereocenters. The Morgan fingerprint density at radius 1 is 1.00 bits per heavy atom. The summed E-state index contributed by atoms with van der Waals surface area (Å²) in [6.07, 6.45) is 0. The lowest BCUT2D eigenvalue weighted by molar-refractivity contribution is -0.138. The van der Waals surface area contributed by atoms with Crippen LogP contribution in [0.4, 0.5) is 5.69 Å². The van der Waals surface area contributed by atoms with Gasteiger partial charge in [-0.25, -0.2) is 0 Å². The zero-order valence-electron chi connectivity index (χ0n) is 14.1. The summed E-state index contributed by atoms with van der Waals surface area (Å²) in [7, 11) is 1.55. The lowest BCUT2D eigenvalue weighted by Gasteiger charge is -2.34. The molecule has 0 saturated carbocycles. The Balaban J connectivity index is 1.57. The van der Waals surface area contributed by atoms with Gasteiger partial charge in [0.2, 0.25) is 5.91 Å². The van der Waals surface area contributed by atoms with E-state index in [4.69, 9.17) is 9.47 Å². The minimum absolute atomic E-state index is 0.0585. The summed E-state index contributed by atoms with van der Waals surface area (Å²) in [4.78, 5) is 27.9. The van der Waals surface area contributed by atoms with E-state index in [1.165, 1.54) is 4.90 Å². The van der Waals surface area contributed by atoms with Crippen molar-refractivity contribution in [3.8, 4) is 11.5 Å². The van der Waals surface area contributed by atoms with Gasteiger partial charge in [0.25, 0.3) is 5.91 Å². The summed E-state index contributed by atoms with van der Waals surface area (Å²) in [5.41, 5.74) is 0.852. The number of hydrogen-bond acceptors (Lipinski definition) is 4. The third-order valence-electron chi connectivity index (χ3n) is 4.06. The van der Waals surface area contributed by atoms with E-state index in [1.54, 1.807) is 24.1 Å². The SMILES string of the molecule is COc1ccccc1OCC(=O)N1CCN(c2ccccc2)C(=O)C1. The molecule has 6 heteroatoms. The second-order valence-corrected chi connectivity index (χ2v) is 5.64. The lowest BCUT2D eigenvalue weighted by atomic mass is 10.2. The minimum Gasteiger partial charge on any atom is -0.493 e. The molecule has 2 aromatic rings. The molecule has 0 atom stereocenters. The number of para-hydroxylation sites is 3. The summed E-state index contributed by atoms with van der Waals surface area (Å²) in [5, 5.41) is 0. The van der Waals surface area contributed by atoms with Crippen LogP contribution in [0.1, 0.15) is 0 Å². The number of hydrogen-bond donors (Lipinski definition) is 0. The number of carbonyl (C=O) groups excluding carboxylic acids is 2. The summed E-state index contributed by atoms with van der Waals surface area (Å²) in [6.45, 7) is 0.889. The van der Waals surface area contributed by atoms with Crippen LogP contribution in [0.15, 0.2) is 54.6 Å². The monoisotopic (exact) mass is 340 g/mol.